The van der Waals surface area contributed by atoms with Crippen LogP contribution in [-0.2, 0) is 0 Å². The Hall–Kier alpha value is 0.259. The van der Waals surface area contributed by atoms with Crippen LogP contribution >= 0.6 is 0 Å². The van der Waals surface area contributed by atoms with E-state index in [1.54, 1.807) is 0 Å². The Kier molecular flexibility index (Phi) is 10.5. The maximum Gasteiger partial charge on any atom is 0.0994 e. The second-order valence-electron chi connectivity index (χ2n) is 3.95. The van der Waals surface area contributed by atoms with Gasteiger partial charge in [0.2, 0.25) is 0 Å². The standard InChI is InChI=1S/C5H17B8/c1-4-5-13(3)12-11-10-9-8-7-6-2/h4,6-12H,1,3,5H2,2H3. The Bertz CT molecular complexity index is 117. The Morgan fingerprint density at radius 3 is 2.38 bits per heavy atom. The molecule has 13 heavy (non-hydrogen) atoms. The van der Waals surface area contributed by atoms with Crippen molar-refractivity contribution in [1.29, 1.82) is 0 Å². The molecule has 0 aromatic rings. The summed E-state index contributed by atoms with van der Waals surface area (Å²) in [6, 6.07) is 0. The van der Waals surface area contributed by atoms with Crippen LogP contribution in [0.1, 0.15) is 0 Å². The molecule has 0 aliphatic heterocycles. The summed E-state index contributed by atoms with van der Waals surface area (Å²) in [4.78, 5) is 0. The maximum absolute atomic E-state index is 4.09. The quantitative estimate of drug-likeness (QED) is 0.195. The second kappa shape index (κ2) is 10.3. The Morgan fingerprint density at radius 2 is 1.77 bits per heavy atom. The third-order valence-corrected chi connectivity index (χ3v) is 2.47. The van der Waals surface area contributed by atoms with Gasteiger partial charge in [-0.2, -0.15) is 0 Å². The fourth-order valence-corrected chi connectivity index (χ4v) is 1.57. The summed E-state index contributed by atoms with van der Waals surface area (Å²) >= 11 is 0. The minimum Gasteiger partial charge on any atom is -0.104 e. The number of allylic oxidation sites excluding steroid dienone is 1. The first-order valence-corrected chi connectivity index (χ1v) is 5.75. The molecule has 1 radical (unpaired) electrons. The summed E-state index contributed by atoms with van der Waals surface area (Å²) in [7, 11) is 9.59. The van der Waals surface area contributed by atoms with Crippen LogP contribution in [0, 0.1) is 6.82 Å². The van der Waals surface area contributed by atoms with E-state index in [9.17, 15) is 0 Å². The molecule has 8 heteroatoms. The molecule has 0 aliphatic carbocycles. The number of hydrogen-bond donors (Lipinski definition) is 0. The molecule has 0 amide bonds. The predicted molar refractivity (Wildman–Crippen MR) is 82.0 cm³/mol. The van der Waals surface area contributed by atoms with Crippen molar-refractivity contribution in [1.82, 2.24) is 0 Å². The molecule has 0 saturated heterocycles. The third kappa shape index (κ3) is 10.2. The zero-order valence-corrected chi connectivity index (χ0v) is 9.23. The second-order valence-corrected chi connectivity index (χ2v) is 3.95. The van der Waals surface area contributed by atoms with Gasteiger partial charge in [0, 0.05) is 35.3 Å². The summed E-state index contributed by atoms with van der Waals surface area (Å²) in [5.41, 5.74) is 0. The summed E-state index contributed by atoms with van der Waals surface area (Å²) in [6.07, 6.45) is 3.06. The first-order valence-electron chi connectivity index (χ1n) is 5.75. The molecule has 61 valence electrons. The molecule has 0 bridgehead atoms. The molecule has 0 rings (SSSR count). The van der Waals surface area contributed by atoms with E-state index < -0.39 is 0 Å². The molecule has 0 saturated carbocycles. The summed E-state index contributed by atoms with van der Waals surface area (Å²) in [5.74, 6) is 0. The van der Waals surface area contributed by atoms with Crippen LogP contribution in [0.4, 0.5) is 0 Å². The van der Waals surface area contributed by atoms with E-state index in [0.29, 0.717) is 6.60 Å². The molecule has 0 aliphatic rings. The number of hydrogen-bond acceptors (Lipinski definition) is 0. The topological polar surface area (TPSA) is 0 Å². The monoisotopic (exact) mass is 165 g/mol. The lowest BCUT2D eigenvalue weighted by atomic mass is 8.89. The highest BCUT2D eigenvalue weighted by atomic mass is 13.5. The maximum atomic E-state index is 4.09. The lowest BCUT2D eigenvalue weighted by molar-refractivity contribution is 1.72. The van der Waals surface area contributed by atoms with Crippen molar-refractivity contribution in [3.8, 4) is 0 Å². The summed E-state index contributed by atoms with van der Waals surface area (Å²) in [5, 5.41) is 0. The van der Waals surface area contributed by atoms with Gasteiger partial charge in [-0.25, -0.2) is 0 Å². The highest BCUT2D eigenvalue weighted by molar-refractivity contribution is 7.66. The van der Waals surface area contributed by atoms with Crippen LogP contribution in [-0.4, -0.2) is 56.1 Å². The van der Waals surface area contributed by atoms with Gasteiger partial charge in [0.05, 0.1) is 20.8 Å². The average molecular weight is 164 g/mol. The van der Waals surface area contributed by atoms with E-state index in [4.69, 9.17) is 0 Å². The highest BCUT2D eigenvalue weighted by Gasteiger charge is 2.06. The minimum absolute atomic E-state index is 0.601. The molecule has 0 N–H and O–H groups in total. The lowest BCUT2D eigenvalue weighted by Crippen LogP contribution is -2.33. The number of rotatable bonds is 9. The van der Waals surface area contributed by atoms with Crippen LogP contribution in [0.5, 0.6) is 0 Å². The van der Waals surface area contributed by atoms with Crippen molar-refractivity contribution >= 4 is 56.1 Å². The first-order chi connectivity index (χ1) is 6.31. The molecule has 0 spiro atoms. The van der Waals surface area contributed by atoms with E-state index in [-0.39, 0.29) is 0 Å². The molecular weight excluding hydrogens is 147 g/mol. The fraction of sp³-hybridized carbons (Fsp3) is 0.400. The highest BCUT2D eigenvalue weighted by Crippen LogP contribution is 1.87. The Labute approximate surface area is 89.1 Å². The summed E-state index contributed by atoms with van der Waals surface area (Å²) < 4.78 is 0. The zero-order chi connectivity index (χ0) is 9.94. The Balaban J connectivity index is 3.01. The van der Waals surface area contributed by atoms with E-state index in [0.717, 1.165) is 6.32 Å². The molecule has 0 atom stereocenters. The van der Waals surface area contributed by atoms with Crippen molar-refractivity contribution in [3.63, 3.8) is 0 Å². The van der Waals surface area contributed by atoms with Crippen LogP contribution in [0.3, 0.4) is 0 Å². The van der Waals surface area contributed by atoms with Gasteiger partial charge < -0.3 is 0 Å². The first kappa shape index (κ1) is 13.3. The minimum atomic E-state index is 0.601. The van der Waals surface area contributed by atoms with Crippen LogP contribution in [0.2, 0.25) is 13.1 Å². The van der Waals surface area contributed by atoms with Gasteiger partial charge in [0.25, 0.3) is 0 Å². The summed E-state index contributed by atoms with van der Waals surface area (Å²) in [6.45, 7) is 10.7. The van der Waals surface area contributed by atoms with E-state index in [1.807, 2.05) is 6.08 Å². The molecule has 0 fully saturated rings. The zero-order valence-electron chi connectivity index (χ0n) is 9.23. The SMILES string of the molecule is [CH2]B(BBBBBBBC)CC=C. The van der Waals surface area contributed by atoms with Gasteiger partial charge in [0.15, 0.2) is 0 Å². The fourth-order valence-electron chi connectivity index (χ4n) is 1.57. The van der Waals surface area contributed by atoms with E-state index in [2.05, 4.69) is 20.2 Å². The average Bonchev–Trinajstić information content (AvgIpc) is 2.11. The molecule has 0 aromatic heterocycles. The largest absolute Gasteiger partial charge is 0.104 e. The molecular formula is C5H17B8. The smallest absolute Gasteiger partial charge is 0.0994 e. The van der Waals surface area contributed by atoms with Crippen molar-refractivity contribution in [2.24, 2.45) is 0 Å². The van der Waals surface area contributed by atoms with Crippen molar-refractivity contribution in [3.05, 3.63) is 19.5 Å². The van der Waals surface area contributed by atoms with E-state index in [1.165, 1.54) is 49.5 Å². The van der Waals surface area contributed by atoms with Gasteiger partial charge >= 0.3 is 0 Å². The van der Waals surface area contributed by atoms with Gasteiger partial charge in [-0.05, 0) is 0 Å². The third-order valence-electron chi connectivity index (χ3n) is 2.47. The Morgan fingerprint density at radius 1 is 1.15 bits per heavy atom. The molecule has 0 heterocycles. The normalized spacial score (nSPS) is 7.85. The van der Waals surface area contributed by atoms with Crippen molar-refractivity contribution in [2.75, 3.05) is 0 Å². The van der Waals surface area contributed by atoms with Crippen molar-refractivity contribution in [2.45, 2.75) is 13.1 Å². The van der Waals surface area contributed by atoms with Gasteiger partial charge in [-0.15, -0.1) is 6.58 Å². The van der Waals surface area contributed by atoms with Crippen LogP contribution < -0.4 is 0 Å². The van der Waals surface area contributed by atoms with Crippen LogP contribution in [0.15, 0.2) is 12.7 Å². The van der Waals surface area contributed by atoms with E-state index >= 15 is 0 Å². The molecule has 0 aromatic carbocycles. The van der Waals surface area contributed by atoms with Gasteiger partial charge in [0.1, 0.15) is 0 Å². The predicted octanol–water partition coefficient (Wildman–Crippen LogP) is -2.87. The van der Waals surface area contributed by atoms with Gasteiger partial charge in [-0.1, -0.05) is 26.0 Å². The lowest BCUT2D eigenvalue weighted by Gasteiger charge is -1.99. The van der Waals surface area contributed by atoms with Crippen LogP contribution in [0.25, 0.3) is 0 Å². The van der Waals surface area contributed by atoms with Gasteiger partial charge in [-0.3, -0.25) is 0 Å². The molecule has 0 unspecified atom stereocenters. The van der Waals surface area contributed by atoms with Crippen molar-refractivity contribution < 1.29 is 0 Å². The molecule has 0 nitrogen and oxygen atoms in total.